The summed E-state index contributed by atoms with van der Waals surface area (Å²) < 4.78 is 0. The predicted octanol–water partition coefficient (Wildman–Crippen LogP) is -1.83. The minimum Gasteiger partial charge on any atom is -0.308 e. The van der Waals surface area contributed by atoms with E-state index in [0.29, 0.717) is 6.67 Å². The minimum atomic E-state index is 0.640. The first-order valence-electron chi connectivity index (χ1n) is 2.20. The Morgan fingerprint density at radius 3 is 2.57 bits per heavy atom. The molecule has 0 heterocycles. The van der Waals surface area contributed by atoms with Crippen molar-refractivity contribution >= 4 is 0 Å². The van der Waals surface area contributed by atoms with Crippen LogP contribution in [-0.2, 0) is 0 Å². The van der Waals surface area contributed by atoms with Crippen LogP contribution in [0.2, 0.25) is 0 Å². The van der Waals surface area contributed by atoms with Crippen LogP contribution < -0.4 is 21.9 Å². The van der Waals surface area contributed by atoms with Crippen LogP contribution in [0.3, 0.4) is 0 Å². The molecule has 44 valence electrons. The van der Waals surface area contributed by atoms with Gasteiger partial charge in [-0.05, 0) is 7.05 Å². The molecule has 0 aromatic heterocycles. The Balaban J connectivity index is 2.45. The molecule has 0 bridgehead atoms. The third-order valence-corrected chi connectivity index (χ3v) is 0.529. The Bertz CT molecular complexity index is 26.1. The van der Waals surface area contributed by atoms with Gasteiger partial charge in [-0.3, -0.25) is 11.2 Å². The van der Waals surface area contributed by atoms with Crippen molar-refractivity contribution in [3.05, 3.63) is 0 Å². The Labute approximate surface area is 43.4 Å². The van der Waals surface area contributed by atoms with Crippen LogP contribution in [0.1, 0.15) is 0 Å². The fraction of sp³-hybridized carbons (Fsp3) is 1.00. The Hall–Kier alpha value is -0.160. The second-order valence-electron chi connectivity index (χ2n) is 1.16. The molecule has 0 amide bonds. The van der Waals surface area contributed by atoms with Crippen molar-refractivity contribution in [1.82, 2.24) is 16.1 Å². The van der Waals surface area contributed by atoms with Crippen LogP contribution in [0.5, 0.6) is 0 Å². The highest BCUT2D eigenvalue weighted by Crippen LogP contribution is 1.39. The van der Waals surface area contributed by atoms with Crippen molar-refractivity contribution in [2.24, 2.45) is 5.84 Å². The number of hydrogen-bond donors (Lipinski definition) is 4. The van der Waals surface area contributed by atoms with Crippen molar-refractivity contribution in [1.29, 1.82) is 0 Å². The van der Waals surface area contributed by atoms with E-state index in [0.717, 1.165) is 6.67 Å². The van der Waals surface area contributed by atoms with E-state index in [1.54, 1.807) is 0 Å². The van der Waals surface area contributed by atoms with Crippen LogP contribution in [0, 0.1) is 0 Å². The molecule has 5 N–H and O–H groups in total. The number of hydrogen-bond acceptors (Lipinski definition) is 4. The summed E-state index contributed by atoms with van der Waals surface area (Å²) in [5, 5.41) is 5.83. The van der Waals surface area contributed by atoms with Gasteiger partial charge < -0.3 is 5.32 Å². The predicted molar refractivity (Wildman–Crippen MR) is 29.3 cm³/mol. The van der Waals surface area contributed by atoms with Gasteiger partial charge in [0, 0.05) is 6.67 Å². The third-order valence-electron chi connectivity index (χ3n) is 0.529. The largest absolute Gasteiger partial charge is 0.308 e. The quantitative estimate of drug-likeness (QED) is 0.147. The highest BCUT2D eigenvalue weighted by atomic mass is 15.3. The number of hydrazine groups is 1. The molecule has 0 unspecified atom stereocenters. The molecular weight excluding hydrogens is 92.1 g/mol. The lowest BCUT2D eigenvalue weighted by Gasteiger charge is -1.99. The average molecular weight is 104 g/mol. The van der Waals surface area contributed by atoms with Gasteiger partial charge >= 0.3 is 0 Å². The fourth-order valence-electron chi connectivity index (χ4n) is 0.260. The van der Waals surface area contributed by atoms with Crippen molar-refractivity contribution in [2.75, 3.05) is 20.4 Å². The van der Waals surface area contributed by atoms with E-state index in [1.807, 2.05) is 7.05 Å². The first-order chi connectivity index (χ1) is 3.41. The van der Waals surface area contributed by atoms with Crippen LogP contribution in [0.4, 0.5) is 0 Å². The molecule has 0 aliphatic carbocycles. The number of nitrogens with one attached hydrogen (secondary N) is 3. The molecule has 4 heteroatoms. The minimum absolute atomic E-state index is 0.640. The third kappa shape index (κ3) is 5.84. The zero-order chi connectivity index (χ0) is 5.54. The normalized spacial score (nSPS) is 9.43. The molecule has 0 saturated carbocycles. The van der Waals surface area contributed by atoms with E-state index in [9.17, 15) is 0 Å². The first-order valence-corrected chi connectivity index (χ1v) is 2.20. The van der Waals surface area contributed by atoms with Crippen molar-refractivity contribution in [2.45, 2.75) is 0 Å². The van der Waals surface area contributed by atoms with Gasteiger partial charge in [0.2, 0.25) is 0 Å². The SMILES string of the molecule is CNCNCNN. The maximum absolute atomic E-state index is 4.93. The van der Waals surface area contributed by atoms with E-state index >= 15 is 0 Å². The Morgan fingerprint density at radius 1 is 1.43 bits per heavy atom. The van der Waals surface area contributed by atoms with Crippen LogP contribution in [0.25, 0.3) is 0 Å². The lowest BCUT2D eigenvalue weighted by Crippen LogP contribution is -2.37. The summed E-state index contributed by atoms with van der Waals surface area (Å²) in [5.74, 6) is 4.93. The maximum atomic E-state index is 4.93. The molecule has 0 aliphatic heterocycles. The highest BCUT2D eigenvalue weighted by Gasteiger charge is 1.73. The monoisotopic (exact) mass is 104 g/mol. The summed E-state index contributed by atoms with van der Waals surface area (Å²) in [7, 11) is 1.86. The second-order valence-corrected chi connectivity index (χ2v) is 1.16. The first kappa shape index (κ1) is 6.84. The molecule has 7 heavy (non-hydrogen) atoms. The van der Waals surface area contributed by atoms with Gasteiger partial charge in [-0.2, -0.15) is 0 Å². The molecule has 0 saturated heterocycles. The fourth-order valence-corrected chi connectivity index (χ4v) is 0.260. The summed E-state index contributed by atoms with van der Waals surface area (Å²) >= 11 is 0. The lowest BCUT2D eigenvalue weighted by molar-refractivity contribution is 0.571. The van der Waals surface area contributed by atoms with E-state index in [2.05, 4.69) is 16.1 Å². The molecule has 0 radical (unpaired) electrons. The van der Waals surface area contributed by atoms with Gasteiger partial charge in [0.1, 0.15) is 0 Å². The summed E-state index contributed by atoms with van der Waals surface area (Å²) in [6.45, 7) is 1.42. The zero-order valence-electron chi connectivity index (χ0n) is 4.49. The van der Waals surface area contributed by atoms with Crippen molar-refractivity contribution in [3.8, 4) is 0 Å². The standard InChI is InChI=1S/C3H12N4/c1-5-2-6-3-7-4/h5-7H,2-4H2,1H3. The van der Waals surface area contributed by atoms with E-state index < -0.39 is 0 Å². The van der Waals surface area contributed by atoms with Crippen LogP contribution >= 0.6 is 0 Å². The molecule has 0 aromatic carbocycles. The van der Waals surface area contributed by atoms with Crippen LogP contribution in [-0.4, -0.2) is 20.4 Å². The van der Waals surface area contributed by atoms with Gasteiger partial charge in [0.05, 0.1) is 6.67 Å². The zero-order valence-corrected chi connectivity index (χ0v) is 4.49. The van der Waals surface area contributed by atoms with Gasteiger partial charge in [-0.1, -0.05) is 0 Å². The Kier molecular flexibility index (Phi) is 5.71. The molecule has 0 spiro atoms. The van der Waals surface area contributed by atoms with Gasteiger partial charge in [-0.15, -0.1) is 0 Å². The molecule has 0 aliphatic rings. The highest BCUT2D eigenvalue weighted by molar-refractivity contribution is 4.32. The van der Waals surface area contributed by atoms with Gasteiger partial charge in [0.15, 0.2) is 0 Å². The lowest BCUT2D eigenvalue weighted by atomic mass is 10.9. The second kappa shape index (κ2) is 5.84. The Morgan fingerprint density at radius 2 is 2.14 bits per heavy atom. The summed E-state index contributed by atoms with van der Waals surface area (Å²) in [6, 6.07) is 0. The molecule has 0 atom stereocenters. The topological polar surface area (TPSA) is 62.1 Å². The molecular formula is C3H12N4. The molecule has 0 rings (SSSR count). The van der Waals surface area contributed by atoms with Crippen molar-refractivity contribution < 1.29 is 0 Å². The summed E-state index contributed by atoms with van der Waals surface area (Å²) in [6.07, 6.45) is 0. The van der Waals surface area contributed by atoms with E-state index in [4.69, 9.17) is 5.84 Å². The molecule has 0 aromatic rings. The summed E-state index contributed by atoms with van der Waals surface area (Å²) in [5.41, 5.74) is 2.45. The average Bonchev–Trinajstić information content (AvgIpc) is 1.69. The van der Waals surface area contributed by atoms with Crippen LogP contribution in [0.15, 0.2) is 0 Å². The number of nitrogens with two attached hydrogens (primary N) is 1. The maximum Gasteiger partial charge on any atom is 0.0597 e. The van der Waals surface area contributed by atoms with Gasteiger partial charge in [0.25, 0.3) is 0 Å². The van der Waals surface area contributed by atoms with Crippen molar-refractivity contribution in [3.63, 3.8) is 0 Å². The van der Waals surface area contributed by atoms with E-state index in [1.165, 1.54) is 0 Å². The van der Waals surface area contributed by atoms with E-state index in [-0.39, 0.29) is 0 Å². The van der Waals surface area contributed by atoms with Gasteiger partial charge in [-0.25, -0.2) is 5.43 Å². The number of rotatable bonds is 4. The summed E-state index contributed by atoms with van der Waals surface area (Å²) in [4.78, 5) is 0. The smallest absolute Gasteiger partial charge is 0.0597 e. The molecule has 4 nitrogen and oxygen atoms in total. The molecule has 0 fully saturated rings.